The zero-order valence-electron chi connectivity index (χ0n) is 16.2. The van der Waals surface area contributed by atoms with Crippen molar-refractivity contribution < 1.29 is 0 Å². The average molecular weight is 362 g/mol. The van der Waals surface area contributed by atoms with Gasteiger partial charge in [0.1, 0.15) is 5.82 Å². The van der Waals surface area contributed by atoms with Gasteiger partial charge in [-0.1, -0.05) is 6.07 Å². The van der Waals surface area contributed by atoms with Gasteiger partial charge in [0.05, 0.1) is 17.9 Å². The predicted octanol–water partition coefficient (Wildman–Crippen LogP) is 4.20. The maximum atomic E-state index is 4.70. The topological polar surface area (TPSA) is 67.7 Å². The Kier molecular flexibility index (Phi) is 4.79. The normalized spacial score (nSPS) is 16.0. The summed E-state index contributed by atoms with van der Waals surface area (Å²) in [5.41, 5.74) is 6.25. The molecule has 0 fully saturated rings. The lowest BCUT2D eigenvalue weighted by molar-refractivity contribution is 0.581. The Morgan fingerprint density at radius 2 is 2.07 bits per heavy atom. The van der Waals surface area contributed by atoms with E-state index in [-0.39, 0.29) is 6.04 Å². The summed E-state index contributed by atoms with van der Waals surface area (Å²) in [6.07, 6.45) is 7.00. The number of hydrogen-bond donors (Lipinski definition) is 2. The first kappa shape index (κ1) is 17.5. The highest BCUT2D eigenvalue weighted by molar-refractivity contribution is 5.45. The quantitative estimate of drug-likeness (QED) is 0.712. The van der Waals surface area contributed by atoms with E-state index in [2.05, 4.69) is 64.3 Å². The van der Waals surface area contributed by atoms with Crippen molar-refractivity contribution in [2.45, 2.75) is 46.1 Å². The standard InChI is InChI=1S/C21H26N6/c1-4-22-20-10-11-23-21(26-20)25-18-6-5-7-19-17(18)13-24-27(19)16-9-8-14(2)15(3)12-16/h8-13,18H,4-7H2,1-3H3,(H2,22,23,25,26)/t18-/m1/s1. The van der Waals surface area contributed by atoms with Crippen molar-refractivity contribution >= 4 is 11.8 Å². The molecule has 0 radical (unpaired) electrons. The van der Waals surface area contributed by atoms with E-state index in [1.54, 1.807) is 6.20 Å². The van der Waals surface area contributed by atoms with Gasteiger partial charge in [0.2, 0.25) is 5.95 Å². The van der Waals surface area contributed by atoms with Crippen LogP contribution in [-0.4, -0.2) is 26.3 Å². The van der Waals surface area contributed by atoms with Gasteiger partial charge < -0.3 is 10.6 Å². The van der Waals surface area contributed by atoms with Crippen LogP contribution in [0.15, 0.2) is 36.7 Å². The van der Waals surface area contributed by atoms with Crippen LogP contribution in [0.5, 0.6) is 0 Å². The van der Waals surface area contributed by atoms with Crippen molar-refractivity contribution in [3.8, 4) is 5.69 Å². The molecule has 1 atom stereocenters. The highest BCUT2D eigenvalue weighted by Gasteiger charge is 2.25. The molecule has 4 rings (SSSR count). The summed E-state index contributed by atoms with van der Waals surface area (Å²) in [4.78, 5) is 8.94. The third-order valence-corrected chi connectivity index (χ3v) is 5.23. The number of rotatable bonds is 5. The lowest BCUT2D eigenvalue weighted by Crippen LogP contribution is -2.19. The number of aromatic nitrogens is 4. The molecular formula is C21H26N6. The monoisotopic (exact) mass is 362 g/mol. The molecule has 6 nitrogen and oxygen atoms in total. The molecule has 2 heterocycles. The smallest absolute Gasteiger partial charge is 0.225 e. The van der Waals surface area contributed by atoms with E-state index in [0.717, 1.165) is 37.3 Å². The lowest BCUT2D eigenvalue weighted by Gasteiger charge is -2.24. The summed E-state index contributed by atoms with van der Waals surface area (Å²) in [5.74, 6) is 1.50. The maximum absolute atomic E-state index is 4.70. The Morgan fingerprint density at radius 1 is 1.19 bits per heavy atom. The molecular weight excluding hydrogens is 336 g/mol. The molecule has 1 aromatic carbocycles. The zero-order chi connectivity index (χ0) is 18.8. The molecule has 0 spiro atoms. The van der Waals surface area contributed by atoms with Crippen molar-refractivity contribution in [2.24, 2.45) is 0 Å². The number of fused-ring (bicyclic) bond motifs is 1. The van der Waals surface area contributed by atoms with Crippen molar-refractivity contribution in [1.82, 2.24) is 19.7 Å². The fourth-order valence-electron chi connectivity index (χ4n) is 3.65. The summed E-state index contributed by atoms with van der Waals surface area (Å²) in [7, 11) is 0. The van der Waals surface area contributed by atoms with Crippen molar-refractivity contribution in [2.75, 3.05) is 17.2 Å². The van der Waals surface area contributed by atoms with Gasteiger partial charge >= 0.3 is 0 Å². The highest BCUT2D eigenvalue weighted by Crippen LogP contribution is 2.33. The molecule has 2 N–H and O–H groups in total. The molecule has 1 aliphatic carbocycles. The minimum atomic E-state index is 0.186. The largest absolute Gasteiger partial charge is 0.370 e. The second-order valence-corrected chi connectivity index (χ2v) is 7.11. The van der Waals surface area contributed by atoms with Crippen LogP contribution in [0.2, 0.25) is 0 Å². The van der Waals surface area contributed by atoms with E-state index in [4.69, 9.17) is 5.10 Å². The van der Waals surface area contributed by atoms with Crippen LogP contribution in [0.1, 0.15) is 48.2 Å². The molecule has 6 heteroatoms. The number of anilines is 2. The first-order chi connectivity index (χ1) is 13.2. The molecule has 0 unspecified atom stereocenters. The molecule has 3 aromatic rings. The van der Waals surface area contributed by atoms with Crippen molar-refractivity contribution in [1.29, 1.82) is 0 Å². The summed E-state index contributed by atoms with van der Waals surface area (Å²) >= 11 is 0. The molecule has 0 bridgehead atoms. The predicted molar refractivity (Wildman–Crippen MR) is 109 cm³/mol. The Labute approximate surface area is 160 Å². The van der Waals surface area contributed by atoms with Crippen molar-refractivity contribution in [3.63, 3.8) is 0 Å². The molecule has 140 valence electrons. The number of nitrogens with one attached hydrogen (secondary N) is 2. The fraction of sp³-hybridized carbons (Fsp3) is 0.381. The Bertz CT molecular complexity index is 946. The van der Waals surface area contributed by atoms with Gasteiger partial charge in [-0.05, 0) is 69.4 Å². The molecule has 0 amide bonds. The molecule has 0 saturated carbocycles. The summed E-state index contributed by atoms with van der Waals surface area (Å²) in [6.45, 7) is 7.18. The van der Waals surface area contributed by atoms with Crippen LogP contribution in [0, 0.1) is 13.8 Å². The second-order valence-electron chi connectivity index (χ2n) is 7.11. The van der Waals surface area contributed by atoms with Crippen LogP contribution in [0.3, 0.4) is 0 Å². The van der Waals surface area contributed by atoms with Gasteiger partial charge in [-0.2, -0.15) is 10.1 Å². The summed E-state index contributed by atoms with van der Waals surface area (Å²) < 4.78 is 2.09. The van der Waals surface area contributed by atoms with E-state index >= 15 is 0 Å². The first-order valence-corrected chi connectivity index (χ1v) is 9.63. The maximum Gasteiger partial charge on any atom is 0.225 e. The van der Waals surface area contributed by atoms with Gasteiger partial charge in [0.15, 0.2) is 0 Å². The fourth-order valence-corrected chi connectivity index (χ4v) is 3.65. The number of aryl methyl sites for hydroxylation is 2. The SMILES string of the molecule is CCNc1ccnc(N[C@@H]2CCCc3c2cnn3-c2ccc(C)c(C)c2)n1. The van der Waals surface area contributed by atoms with E-state index in [9.17, 15) is 0 Å². The number of benzene rings is 1. The van der Waals surface area contributed by atoms with E-state index < -0.39 is 0 Å². The van der Waals surface area contributed by atoms with E-state index in [1.165, 1.54) is 22.4 Å². The van der Waals surface area contributed by atoms with Crippen LogP contribution in [0.25, 0.3) is 5.69 Å². The van der Waals surface area contributed by atoms with Crippen LogP contribution < -0.4 is 10.6 Å². The van der Waals surface area contributed by atoms with Gasteiger partial charge in [-0.25, -0.2) is 9.67 Å². The number of hydrogen-bond acceptors (Lipinski definition) is 5. The molecule has 27 heavy (non-hydrogen) atoms. The second kappa shape index (κ2) is 7.39. The molecule has 0 saturated heterocycles. The van der Waals surface area contributed by atoms with Crippen LogP contribution >= 0.6 is 0 Å². The average Bonchev–Trinajstić information content (AvgIpc) is 3.10. The van der Waals surface area contributed by atoms with Gasteiger partial charge in [-0.15, -0.1) is 0 Å². The number of nitrogens with zero attached hydrogens (tertiary/aromatic N) is 4. The third kappa shape index (κ3) is 3.52. The Hall–Kier alpha value is -2.89. The summed E-state index contributed by atoms with van der Waals surface area (Å²) in [5, 5.41) is 11.4. The Morgan fingerprint density at radius 3 is 2.89 bits per heavy atom. The highest BCUT2D eigenvalue weighted by atomic mass is 15.3. The summed E-state index contributed by atoms with van der Waals surface area (Å²) in [6, 6.07) is 8.60. The van der Waals surface area contributed by atoms with Gasteiger partial charge in [-0.3, -0.25) is 0 Å². The zero-order valence-corrected chi connectivity index (χ0v) is 16.2. The molecule has 0 aliphatic heterocycles. The van der Waals surface area contributed by atoms with Gasteiger partial charge in [0.25, 0.3) is 0 Å². The van der Waals surface area contributed by atoms with E-state index in [1.807, 2.05) is 12.3 Å². The van der Waals surface area contributed by atoms with E-state index in [0.29, 0.717) is 5.95 Å². The van der Waals surface area contributed by atoms with Crippen LogP contribution in [0.4, 0.5) is 11.8 Å². The Balaban J connectivity index is 1.62. The van der Waals surface area contributed by atoms with Crippen LogP contribution in [-0.2, 0) is 6.42 Å². The minimum Gasteiger partial charge on any atom is -0.370 e. The third-order valence-electron chi connectivity index (χ3n) is 5.23. The molecule has 2 aromatic heterocycles. The molecule has 1 aliphatic rings. The lowest BCUT2D eigenvalue weighted by atomic mass is 9.93. The van der Waals surface area contributed by atoms with Crippen molar-refractivity contribution in [3.05, 3.63) is 59.0 Å². The van der Waals surface area contributed by atoms with Gasteiger partial charge in [0, 0.05) is 24.0 Å². The minimum absolute atomic E-state index is 0.186. The first-order valence-electron chi connectivity index (χ1n) is 9.63.